The van der Waals surface area contributed by atoms with Crippen LogP contribution in [-0.2, 0) is 19.1 Å². The molecule has 0 fully saturated rings. The summed E-state index contributed by atoms with van der Waals surface area (Å²) in [6, 6.07) is 10.9. The molecule has 1 aliphatic heterocycles. The predicted molar refractivity (Wildman–Crippen MR) is 104 cm³/mol. The summed E-state index contributed by atoms with van der Waals surface area (Å²) >= 11 is 0. The van der Waals surface area contributed by atoms with Crippen LogP contribution in [-0.4, -0.2) is 18.0 Å². The van der Waals surface area contributed by atoms with Crippen LogP contribution in [0.1, 0.15) is 34.2 Å². The van der Waals surface area contributed by atoms with E-state index in [9.17, 15) is 13.2 Å². The smallest absolute Gasteiger partial charge is 0.359 e. The van der Waals surface area contributed by atoms with E-state index in [0.29, 0.717) is 12.1 Å². The second kappa shape index (κ2) is 7.77. The summed E-state index contributed by atoms with van der Waals surface area (Å²) in [4.78, 5) is 2.37. The largest absolute Gasteiger partial charge is 0.416 e. The molecule has 0 bridgehead atoms. The summed E-state index contributed by atoms with van der Waals surface area (Å²) in [5.41, 5.74) is 4.81. The molecule has 1 heterocycles. The van der Waals surface area contributed by atoms with Crippen LogP contribution in [0.4, 0.5) is 18.9 Å². The number of rotatable bonds is 5. The van der Waals surface area contributed by atoms with Gasteiger partial charge in [-0.3, -0.25) is 4.90 Å². The van der Waals surface area contributed by atoms with Crippen LogP contribution >= 0.6 is 0 Å². The molecule has 0 spiro atoms. The minimum atomic E-state index is -4.34. The van der Waals surface area contributed by atoms with Gasteiger partial charge in [0.05, 0.1) is 5.56 Å². The fourth-order valence-corrected chi connectivity index (χ4v) is 3.50. The molecule has 27 heavy (non-hydrogen) atoms. The standard InChI is InChI=1S/C22H25F3N2/c1-15-4-6-18-9-11-27(14-19(18)12-15)10-8-17(3)26-20-7-5-16(2)21(13-20)22(23,24)25/h4-7,12-13,26H,3,8-11,14H2,1-2H3. The Labute approximate surface area is 158 Å². The highest BCUT2D eigenvalue weighted by molar-refractivity contribution is 5.52. The third-order valence-electron chi connectivity index (χ3n) is 5.05. The summed E-state index contributed by atoms with van der Waals surface area (Å²) in [5.74, 6) is 0. The number of alkyl halides is 3. The van der Waals surface area contributed by atoms with E-state index in [2.05, 4.69) is 41.9 Å². The van der Waals surface area contributed by atoms with Gasteiger partial charge in [-0.2, -0.15) is 13.2 Å². The fourth-order valence-electron chi connectivity index (χ4n) is 3.50. The second-order valence-electron chi connectivity index (χ2n) is 7.30. The average Bonchev–Trinajstić information content (AvgIpc) is 2.60. The van der Waals surface area contributed by atoms with Crippen LogP contribution in [0.15, 0.2) is 48.7 Å². The zero-order chi connectivity index (χ0) is 19.6. The normalized spacial score (nSPS) is 14.7. The van der Waals surface area contributed by atoms with Crippen molar-refractivity contribution in [1.29, 1.82) is 0 Å². The first-order valence-electron chi connectivity index (χ1n) is 9.16. The molecule has 0 unspecified atom stereocenters. The van der Waals surface area contributed by atoms with Gasteiger partial charge >= 0.3 is 6.18 Å². The first-order chi connectivity index (χ1) is 12.7. The van der Waals surface area contributed by atoms with E-state index in [1.165, 1.54) is 29.7 Å². The molecule has 0 aliphatic carbocycles. The van der Waals surface area contributed by atoms with E-state index in [-0.39, 0.29) is 5.56 Å². The van der Waals surface area contributed by atoms with Crippen molar-refractivity contribution in [3.63, 3.8) is 0 Å². The Morgan fingerprint density at radius 2 is 1.89 bits per heavy atom. The lowest BCUT2D eigenvalue weighted by Gasteiger charge is -2.29. The Bertz CT molecular complexity index is 840. The Kier molecular flexibility index (Phi) is 5.61. The number of nitrogens with zero attached hydrogens (tertiary/aromatic N) is 1. The van der Waals surface area contributed by atoms with Gasteiger partial charge in [0.25, 0.3) is 0 Å². The van der Waals surface area contributed by atoms with E-state index in [0.717, 1.165) is 37.8 Å². The van der Waals surface area contributed by atoms with Crippen LogP contribution in [0, 0.1) is 13.8 Å². The SMILES string of the molecule is C=C(CCN1CCc2ccc(C)cc2C1)Nc1ccc(C)c(C(F)(F)F)c1. The zero-order valence-electron chi connectivity index (χ0n) is 15.8. The van der Waals surface area contributed by atoms with Crippen molar-refractivity contribution in [2.75, 3.05) is 18.4 Å². The number of halogens is 3. The van der Waals surface area contributed by atoms with Crippen LogP contribution in [0.5, 0.6) is 0 Å². The minimum absolute atomic E-state index is 0.223. The van der Waals surface area contributed by atoms with Gasteiger partial charge in [0.15, 0.2) is 0 Å². The average molecular weight is 374 g/mol. The van der Waals surface area contributed by atoms with Crippen molar-refractivity contribution >= 4 is 5.69 Å². The summed E-state index contributed by atoms with van der Waals surface area (Å²) < 4.78 is 39.1. The van der Waals surface area contributed by atoms with Crippen molar-refractivity contribution in [3.05, 3.63) is 76.5 Å². The number of benzene rings is 2. The summed E-state index contributed by atoms with van der Waals surface area (Å²) in [5, 5.41) is 3.03. The topological polar surface area (TPSA) is 15.3 Å². The van der Waals surface area contributed by atoms with Crippen LogP contribution < -0.4 is 5.32 Å². The summed E-state index contributed by atoms with van der Waals surface area (Å²) in [6.45, 7) is 10.3. The molecule has 3 rings (SSSR count). The molecular weight excluding hydrogens is 349 g/mol. The molecule has 2 aromatic rings. The highest BCUT2D eigenvalue weighted by atomic mass is 19.4. The monoisotopic (exact) mass is 374 g/mol. The lowest BCUT2D eigenvalue weighted by atomic mass is 9.97. The van der Waals surface area contributed by atoms with Gasteiger partial charge in [-0.25, -0.2) is 0 Å². The van der Waals surface area contributed by atoms with Gasteiger partial charge in [-0.05, 0) is 55.5 Å². The molecule has 1 N–H and O–H groups in total. The van der Waals surface area contributed by atoms with Crippen LogP contribution in [0.2, 0.25) is 0 Å². The quantitative estimate of drug-likeness (QED) is 0.723. The van der Waals surface area contributed by atoms with Crippen molar-refractivity contribution in [3.8, 4) is 0 Å². The Morgan fingerprint density at radius 1 is 1.11 bits per heavy atom. The van der Waals surface area contributed by atoms with Crippen LogP contribution in [0.3, 0.4) is 0 Å². The van der Waals surface area contributed by atoms with Gasteiger partial charge in [-0.1, -0.05) is 36.4 Å². The molecule has 0 radical (unpaired) electrons. The molecule has 2 nitrogen and oxygen atoms in total. The predicted octanol–water partition coefficient (Wildman–Crippen LogP) is 5.70. The third kappa shape index (κ3) is 4.92. The molecular formula is C22H25F3N2. The zero-order valence-corrected chi connectivity index (χ0v) is 15.8. The lowest BCUT2D eigenvalue weighted by molar-refractivity contribution is -0.138. The minimum Gasteiger partial charge on any atom is -0.359 e. The molecule has 144 valence electrons. The number of hydrogen-bond donors (Lipinski definition) is 1. The molecule has 0 saturated carbocycles. The number of fused-ring (bicyclic) bond motifs is 1. The molecule has 2 aromatic carbocycles. The maximum atomic E-state index is 13.0. The molecule has 0 aromatic heterocycles. The Balaban J connectivity index is 1.56. The first kappa shape index (κ1) is 19.5. The van der Waals surface area contributed by atoms with E-state index in [1.807, 2.05) is 0 Å². The van der Waals surface area contributed by atoms with E-state index in [1.54, 1.807) is 6.07 Å². The number of nitrogens with one attached hydrogen (secondary N) is 1. The van der Waals surface area contributed by atoms with Gasteiger partial charge in [0.1, 0.15) is 0 Å². The maximum absolute atomic E-state index is 13.0. The lowest BCUT2D eigenvalue weighted by Crippen LogP contribution is -2.31. The second-order valence-corrected chi connectivity index (χ2v) is 7.30. The molecule has 0 amide bonds. The fraction of sp³-hybridized carbons (Fsp3) is 0.364. The molecule has 0 saturated heterocycles. The van der Waals surface area contributed by atoms with Gasteiger partial charge in [-0.15, -0.1) is 0 Å². The highest BCUT2D eigenvalue weighted by Crippen LogP contribution is 2.33. The number of hydrogen-bond acceptors (Lipinski definition) is 2. The maximum Gasteiger partial charge on any atom is 0.416 e. The molecule has 5 heteroatoms. The van der Waals surface area contributed by atoms with Crippen LogP contribution in [0.25, 0.3) is 0 Å². The van der Waals surface area contributed by atoms with Gasteiger partial charge < -0.3 is 5.32 Å². The molecule has 1 aliphatic rings. The highest BCUT2D eigenvalue weighted by Gasteiger charge is 2.32. The van der Waals surface area contributed by atoms with Gasteiger partial charge in [0, 0.05) is 31.0 Å². The Morgan fingerprint density at radius 3 is 2.63 bits per heavy atom. The first-order valence-corrected chi connectivity index (χ1v) is 9.16. The van der Waals surface area contributed by atoms with Crippen molar-refractivity contribution < 1.29 is 13.2 Å². The van der Waals surface area contributed by atoms with E-state index >= 15 is 0 Å². The van der Waals surface area contributed by atoms with E-state index in [4.69, 9.17) is 0 Å². The van der Waals surface area contributed by atoms with Crippen molar-refractivity contribution in [2.45, 2.75) is 39.4 Å². The third-order valence-corrected chi connectivity index (χ3v) is 5.05. The number of anilines is 1. The van der Waals surface area contributed by atoms with Gasteiger partial charge in [0.2, 0.25) is 0 Å². The van der Waals surface area contributed by atoms with Crippen molar-refractivity contribution in [1.82, 2.24) is 4.90 Å². The van der Waals surface area contributed by atoms with E-state index < -0.39 is 11.7 Å². The summed E-state index contributed by atoms with van der Waals surface area (Å²) in [6.07, 6.45) is -2.62. The Hall–Kier alpha value is -2.27. The summed E-state index contributed by atoms with van der Waals surface area (Å²) in [7, 11) is 0. The van der Waals surface area contributed by atoms with Crippen molar-refractivity contribution in [2.24, 2.45) is 0 Å². The number of aryl methyl sites for hydroxylation is 2. The molecule has 0 atom stereocenters.